The Hall–Kier alpha value is -3.26. The van der Waals surface area contributed by atoms with Crippen LogP contribution in [0.25, 0.3) is 28.0 Å². The normalized spacial score (nSPS) is 11.8. The van der Waals surface area contributed by atoms with Crippen LogP contribution in [0, 0.1) is 6.92 Å². The zero-order chi connectivity index (χ0) is 26.3. The van der Waals surface area contributed by atoms with Crippen molar-refractivity contribution in [3.63, 3.8) is 0 Å². The second-order valence-electron chi connectivity index (χ2n) is 8.24. The maximum atomic E-state index is 14.1. The van der Waals surface area contributed by atoms with E-state index in [0.717, 1.165) is 6.07 Å². The molecule has 0 aliphatic carbocycles. The van der Waals surface area contributed by atoms with Gasteiger partial charge in [0.2, 0.25) is 0 Å². The van der Waals surface area contributed by atoms with E-state index in [1.165, 1.54) is 11.6 Å². The number of rotatable bonds is 5. The van der Waals surface area contributed by atoms with Crippen LogP contribution in [0.1, 0.15) is 16.8 Å². The Balaban J connectivity index is 1.54. The topological polar surface area (TPSA) is 39.9 Å². The van der Waals surface area contributed by atoms with Crippen LogP contribution in [0.5, 0.6) is 5.75 Å². The predicted octanol–water partition coefficient (Wildman–Crippen LogP) is 8.95. The highest BCUT2D eigenvalue weighted by Crippen LogP contribution is 2.39. The lowest BCUT2D eigenvalue weighted by Gasteiger charge is -2.13. The van der Waals surface area contributed by atoms with E-state index >= 15 is 0 Å². The van der Waals surface area contributed by atoms with Gasteiger partial charge in [0.15, 0.2) is 5.65 Å². The highest BCUT2D eigenvalue weighted by Gasteiger charge is 2.36. The number of hydrogen-bond acceptors (Lipinski definition) is 3. The van der Waals surface area contributed by atoms with Crippen molar-refractivity contribution < 1.29 is 17.9 Å². The summed E-state index contributed by atoms with van der Waals surface area (Å²) >= 11 is 18.4. The van der Waals surface area contributed by atoms with E-state index < -0.39 is 11.7 Å². The molecule has 188 valence electrons. The molecule has 0 unspecified atom stereocenters. The predicted molar refractivity (Wildman–Crippen MR) is 140 cm³/mol. The Morgan fingerprint density at radius 2 is 1.54 bits per heavy atom. The fourth-order valence-electron chi connectivity index (χ4n) is 3.97. The molecule has 0 spiro atoms. The second-order valence-corrected chi connectivity index (χ2v) is 9.49. The third-order valence-corrected chi connectivity index (χ3v) is 6.74. The van der Waals surface area contributed by atoms with Crippen molar-refractivity contribution in [3.8, 4) is 22.7 Å². The molecule has 0 aliphatic heterocycles. The van der Waals surface area contributed by atoms with Crippen molar-refractivity contribution in [2.75, 3.05) is 0 Å². The van der Waals surface area contributed by atoms with E-state index in [-0.39, 0.29) is 29.0 Å². The first-order chi connectivity index (χ1) is 17.6. The molecule has 0 fully saturated rings. The summed E-state index contributed by atoms with van der Waals surface area (Å²) in [4.78, 5) is 4.58. The molecule has 0 saturated carbocycles. The van der Waals surface area contributed by atoms with Gasteiger partial charge in [-0.15, -0.1) is 0 Å². The van der Waals surface area contributed by atoms with E-state index in [1.54, 1.807) is 66.7 Å². The molecule has 2 heterocycles. The number of pyridine rings is 1. The van der Waals surface area contributed by atoms with Crippen LogP contribution in [0.4, 0.5) is 13.2 Å². The Kier molecular flexibility index (Phi) is 6.79. The lowest BCUT2D eigenvalue weighted by molar-refractivity contribution is -0.136. The number of alkyl halides is 3. The van der Waals surface area contributed by atoms with Crippen molar-refractivity contribution >= 4 is 45.8 Å². The minimum Gasteiger partial charge on any atom is -0.489 e. The van der Waals surface area contributed by atoms with Crippen LogP contribution < -0.4 is 4.74 Å². The van der Waals surface area contributed by atoms with Gasteiger partial charge in [0.25, 0.3) is 0 Å². The third-order valence-electron chi connectivity index (χ3n) is 5.78. The van der Waals surface area contributed by atoms with Gasteiger partial charge >= 0.3 is 6.18 Å². The van der Waals surface area contributed by atoms with E-state index in [2.05, 4.69) is 10.1 Å². The quantitative estimate of drug-likeness (QED) is 0.215. The first-order valence-electron chi connectivity index (χ1n) is 11.0. The Morgan fingerprint density at radius 1 is 0.892 bits per heavy atom. The minimum absolute atomic E-state index is 0.0530. The monoisotopic (exact) mass is 561 g/mol. The molecule has 5 rings (SSSR count). The zero-order valence-corrected chi connectivity index (χ0v) is 21.4. The first-order valence-corrected chi connectivity index (χ1v) is 12.1. The maximum absolute atomic E-state index is 14.1. The number of aryl methyl sites for hydroxylation is 1. The average molecular weight is 563 g/mol. The number of nitrogens with zero attached hydrogens (tertiary/aromatic N) is 3. The van der Waals surface area contributed by atoms with E-state index in [0.29, 0.717) is 37.6 Å². The summed E-state index contributed by atoms with van der Waals surface area (Å²) in [6.45, 7) is 1.67. The molecule has 0 bridgehead atoms. The number of hydrogen-bond donors (Lipinski definition) is 0. The Labute approximate surface area is 225 Å². The SMILES string of the molecule is Cc1nn(-c2ccc(Cl)cc2)c2nc(-c3ccc(OCc4c(Cl)cccc4Cl)cc3)cc(C(F)(F)F)c12. The first kappa shape index (κ1) is 25.4. The summed E-state index contributed by atoms with van der Waals surface area (Å²) in [6.07, 6.45) is -4.61. The van der Waals surface area contributed by atoms with Gasteiger partial charge in [-0.3, -0.25) is 0 Å². The lowest BCUT2D eigenvalue weighted by atomic mass is 10.0. The van der Waals surface area contributed by atoms with Gasteiger partial charge in [0, 0.05) is 26.2 Å². The molecule has 37 heavy (non-hydrogen) atoms. The van der Waals surface area contributed by atoms with Gasteiger partial charge in [-0.05, 0) is 73.7 Å². The molecule has 4 nitrogen and oxygen atoms in total. The van der Waals surface area contributed by atoms with E-state index in [4.69, 9.17) is 39.5 Å². The van der Waals surface area contributed by atoms with Crippen LogP contribution in [-0.4, -0.2) is 14.8 Å². The molecule has 3 aromatic carbocycles. The van der Waals surface area contributed by atoms with E-state index in [1.807, 2.05) is 0 Å². The molecule has 0 amide bonds. The molecule has 5 aromatic rings. The van der Waals surface area contributed by atoms with Gasteiger partial charge < -0.3 is 4.74 Å². The van der Waals surface area contributed by atoms with Crippen LogP contribution >= 0.6 is 34.8 Å². The summed E-state index contributed by atoms with van der Waals surface area (Å²) in [5.41, 5.74) is 1.33. The molecule has 0 aliphatic rings. The molecule has 10 heteroatoms. The summed E-state index contributed by atoms with van der Waals surface area (Å²) in [7, 11) is 0. The lowest BCUT2D eigenvalue weighted by Crippen LogP contribution is -2.08. The van der Waals surface area contributed by atoms with Crippen molar-refractivity contribution in [1.82, 2.24) is 14.8 Å². The highest BCUT2D eigenvalue weighted by molar-refractivity contribution is 6.36. The third kappa shape index (κ3) is 5.12. The number of fused-ring (bicyclic) bond motifs is 1. The summed E-state index contributed by atoms with van der Waals surface area (Å²) in [5, 5.41) is 5.76. The molecule has 0 radical (unpaired) electrons. The summed E-state index contributed by atoms with van der Waals surface area (Å²) < 4.78 is 49.6. The van der Waals surface area contributed by atoms with E-state index in [9.17, 15) is 13.2 Å². The highest BCUT2D eigenvalue weighted by atomic mass is 35.5. The van der Waals surface area contributed by atoms with Crippen LogP contribution in [0.15, 0.2) is 72.8 Å². The second kappa shape index (κ2) is 9.89. The number of benzene rings is 3. The van der Waals surface area contributed by atoms with Crippen LogP contribution in [0.3, 0.4) is 0 Å². The Morgan fingerprint density at radius 3 is 2.16 bits per heavy atom. The molecular formula is C27H17Cl3F3N3O. The van der Waals surface area contributed by atoms with Gasteiger partial charge in [-0.1, -0.05) is 40.9 Å². The summed E-state index contributed by atoms with van der Waals surface area (Å²) in [6, 6.07) is 19.4. The zero-order valence-electron chi connectivity index (χ0n) is 19.2. The fraction of sp³-hybridized carbons (Fsp3) is 0.111. The number of aromatic nitrogens is 3. The van der Waals surface area contributed by atoms with Crippen LogP contribution in [-0.2, 0) is 12.8 Å². The van der Waals surface area contributed by atoms with Crippen LogP contribution in [0.2, 0.25) is 15.1 Å². The minimum atomic E-state index is -4.61. The van der Waals surface area contributed by atoms with Gasteiger partial charge in [-0.2, -0.15) is 18.3 Å². The maximum Gasteiger partial charge on any atom is 0.417 e. The smallest absolute Gasteiger partial charge is 0.417 e. The standard InChI is InChI=1S/C27H17Cl3F3N3O/c1-15-25-21(27(31,32)33)13-24(34-26(25)36(35-15)18-9-7-17(28)8-10-18)16-5-11-19(12-6-16)37-14-20-22(29)3-2-4-23(20)30/h2-13H,14H2,1H3. The molecule has 0 saturated heterocycles. The fourth-order valence-corrected chi connectivity index (χ4v) is 4.60. The molecule has 2 aromatic heterocycles. The van der Waals surface area contributed by atoms with Gasteiger partial charge in [-0.25, -0.2) is 9.67 Å². The van der Waals surface area contributed by atoms with Crippen molar-refractivity contribution in [1.29, 1.82) is 0 Å². The largest absolute Gasteiger partial charge is 0.489 e. The average Bonchev–Trinajstić information content (AvgIpc) is 3.19. The molecule has 0 atom stereocenters. The molecule has 0 N–H and O–H groups in total. The number of halogens is 6. The van der Waals surface area contributed by atoms with Crippen molar-refractivity contribution in [3.05, 3.63) is 105 Å². The van der Waals surface area contributed by atoms with Crippen molar-refractivity contribution in [2.45, 2.75) is 19.7 Å². The van der Waals surface area contributed by atoms with Crippen molar-refractivity contribution in [2.24, 2.45) is 0 Å². The number of ether oxygens (including phenoxy) is 1. The Bertz CT molecular complexity index is 1580. The summed E-state index contributed by atoms with van der Waals surface area (Å²) in [5.74, 6) is 0.499. The van der Waals surface area contributed by atoms with Gasteiger partial charge in [0.1, 0.15) is 12.4 Å². The molecular weight excluding hydrogens is 546 g/mol. The van der Waals surface area contributed by atoms with Gasteiger partial charge in [0.05, 0.1) is 28.0 Å².